The molecule has 4 heteroatoms. The first-order valence-corrected chi connectivity index (χ1v) is 13.7. The highest BCUT2D eigenvalue weighted by Gasteiger charge is 2.65. The molecule has 35 heavy (non-hydrogen) atoms. The fraction of sp³-hybridized carbons (Fsp3) is 0.742. The van der Waals surface area contributed by atoms with Crippen molar-refractivity contribution in [1.29, 1.82) is 0 Å². The van der Waals surface area contributed by atoms with E-state index in [9.17, 15) is 14.7 Å². The first-order chi connectivity index (χ1) is 16.4. The number of carboxylic acids is 1. The quantitative estimate of drug-likeness (QED) is 0.317. The first-order valence-electron chi connectivity index (χ1n) is 13.7. The Balaban J connectivity index is 1.64. The number of fused-ring (bicyclic) bond motifs is 5. The van der Waals surface area contributed by atoms with E-state index >= 15 is 0 Å². The summed E-state index contributed by atoms with van der Waals surface area (Å²) in [5.74, 6) is -0.194. The van der Waals surface area contributed by atoms with Crippen molar-refractivity contribution in [3.8, 4) is 0 Å². The molecule has 4 aliphatic carbocycles. The van der Waals surface area contributed by atoms with Crippen LogP contribution in [0.2, 0.25) is 0 Å². The van der Waals surface area contributed by atoms with Crippen molar-refractivity contribution < 1.29 is 19.4 Å². The Hall–Kier alpha value is -1.84. The summed E-state index contributed by atoms with van der Waals surface area (Å²) in [5, 5.41) is 10.3. The second-order valence-electron chi connectivity index (χ2n) is 12.9. The van der Waals surface area contributed by atoms with Gasteiger partial charge in [0.2, 0.25) is 0 Å². The van der Waals surface area contributed by atoms with Gasteiger partial charge in [-0.2, -0.15) is 0 Å². The van der Waals surface area contributed by atoms with E-state index < -0.39 is 5.97 Å². The SMILES string of the molecule is C=C1[C@@H](C(=O)OC)CC[C@]2(C)[C@@H]3CC[C@@]4(C)[C@H]([C@H](CCC=C(C)C)C(=O)O)CC[C@]4(C)C3=CC[C@@H]12. The molecule has 1 N–H and O–H groups in total. The molecule has 4 rings (SSSR count). The normalized spacial score (nSPS) is 41.1. The molecule has 4 nitrogen and oxygen atoms in total. The summed E-state index contributed by atoms with van der Waals surface area (Å²) in [6, 6.07) is 0. The zero-order valence-electron chi connectivity index (χ0n) is 22.8. The highest BCUT2D eigenvalue weighted by Crippen LogP contribution is 2.72. The summed E-state index contributed by atoms with van der Waals surface area (Å²) >= 11 is 0. The van der Waals surface area contributed by atoms with Crippen molar-refractivity contribution in [3.63, 3.8) is 0 Å². The molecule has 0 aromatic carbocycles. The van der Waals surface area contributed by atoms with E-state index in [0.29, 0.717) is 11.8 Å². The Bertz CT molecular complexity index is 955. The molecule has 3 fully saturated rings. The number of esters is 1. The number of hydrogen-bond donors (Lipinski definition) is 1. The summed E-state index contributed by atoms with van der Waals surface area (Å²) in [5.41, 5.74) is 4.07. The van der Waals surface area contributed by atoms with Gasteiger partial charge in [0, 0.05) is 0 Å². The Morgan fingerprint density at radius 2 is 1.86 bits per heavy atom. The number of hydrogen-bond acceptors (Lipinski definition) is 3. The lowest BCUT2D eigenvalue weighted by Crippen LogP contribution is -2.54. The molecule has 0 aliphatic heterocycles. The molecule has 0 aromatic rings. The zero-order valence-corrected chi connectivity index (χ0v) is 22.8. The molecule has 0 spiro atoms. The molecule has 0 radical (unpaired) electrons. The number of allylic oxidation sites excluding steroid dienone is 4. The van der Waals surface area contributed by atoms with E-state index in [1.54, 1.807) is 5.57 Å². The molecule has 194 valence electrons. The third kappa shape index (κ3) is 3.94. The minimum Gasteiger partial charge on any atom is -0.481 e. The first kappa shape index (κ1) is 26.2. The number of methoxy groups -OCH3 is 1. The van der Waals surface area contributed by atoms with Gasteiger partial charge in [0.25, 0.3) is 0 Å². The molecule has 0 heterocycles. The van der Waals surface area contributed by atoms with Crippen molar-refractivity contribution in [1.82, 2.24) is 0 Å². The Morgan fingerprint density at radius 1 is 1.14 bits per heavy atom. The molecular weight excluding hydrogens is 436 g/mol. The van der Waals surface area contributed by atoms with Gasteiger partial charge < -0.3 is 9.84 Å². The lowest BCUT2D eigenvalue weighted by atomic mass is 9.43. The Kier molecular flexibility index (Phi) is 6.92. The second-order valence-corrected chi connectivity index (χ2v) is 12.9. The van der Waals surface area contributed by atoms with Crippen LogP contribution in [0.5, 0.6) is 0 Å². The van der Waals surface area contributed by atoms with Gasteiger partial charge in [-0.05, 0) is 106 Å². The number of rotatable bonds is 6. The van der Waals surface area contributed by atoms with Gasteiger partial charge in [-0.15, -0.1) is 0 Å². The van der Waals surface area contributed by atoms with Gasteiger partial charge in [-0.25, -0.2) is 0 Å². The predicted molar refractivity (Wildman–Crippen MR) is 140 cm³/mol. The highest BCUT2D eigenvalue weighted by molar-refractivity contribution is 5.76. The monoisotopic (exact) mass is 482 g/mol. The van der Waals surface area contributed by atoms with Crippen LogP contribution in [0.1, 0.15) is 92.4 Å². The van der Waals surface area contributed by atoms with Crippen molar-refractivity contribution >= 4 is 11.9 Å². The minimum atomic E-state index is -0.619. The molecule has 0 saturated heterocycles. The molecule has 8 atom stereocenters. The van der Waals surface area contributed by atoms with Gasteiger partial charge in [0.15, 0.2) is 0 Å². The lowest BCUT2D eigenvalue weighted by molar-refractivity contribution is -0.148. The molecule has 0 amide bonds. The Morgan fingerprint density at radius 3 is 2.49 bits per heavy atom. The van der Waals surface area contributed by atoms with Crippen LogP contribution in [0.25, 0.3) is 0 Å². The average molecular weight is 483 g/mol. The summed E-state index contributed by atoms with van der Waals surface area (Å²) in [7, 11) is 1.48. The number of aliphatic carboxylic acids is 1. The number of ether oxygens (including phenoxy) is 1. The van der Waals surface area contributed by atoms with E-state index in [2.05, 4.69) is 53.3 Å². The summed E-state index contributed by atoms with van der Waals surface area (Å²) < 4.78 is 5.09. The van der Waals surface area contributed by atoms with Crippen molar-refractivity contribution in [2.24, 2.45) is 45.8 Å². The highest BCUT2D eigenvalue weighted by atomic mass is 16.5. The molecule has 0 aromatic heterocycles. The maximum atomic E-state index is 12.5. The average Bonchev–Trinajstić information content (AvgIpc) is 3.07. The standard InChI is InChI=1S/C31H46O4/c1-19(2)9-8-10-22(27(32)33)24-14-17-31(6)26-12-11-23-20(3)21(28(34)35-7)13-16-29(23,4)25(26)15-18-30(24,31)5/h9,12,21-25H,3,8,10-11,13-18H2,1-2,4-7H3,(H,32,33)/t21-,22-,23-,24-,25+,29-,30-,31+/m0/s1. The van der Waals surface area contributed by atoms with Crippen LogP contribution < -0.4 is 0 Å². The molecule has 3 saturated carbocycles. The lowest BCUT2D eigenvalue weighted by Gasteiger charge is -2.61. The van der Waals surface area contributed by atoms with Crippen LogP contribution in [0.15, 0.2) is 35.5 Å². The van der Waals surface area contributed by atoms with Crippen molar-refractivity contribution in [2.75, 3.05) is 7.11 Å². The van der Waals surface area contributed by atoms with Crippen LogP contribution >= 0.6 is 0 Å². The molecule has 0 unspecified atom stereocenters. The van der Waals surface area contributed by atoms with E-state index in [1.807, 2.05) is 0 Å². The third-order valence-corrected chi connectivity index (χ3v) is 11.4. The smallest absolute Gasteiger partial charge is 0.312 e. The predicted octanol–water partition coefficient (Wildman–Crippen LogP) is 7.36. The molecule has 0 bridgehead atoms. The van der Waals surface area contributed by atoms with Gasteiger partial charge in [-0.3, -0.25) is 9.59 Å². The Labute approximate surface area is 212 Å². The fourth-order valence-corrected chi connectivity index (χ4v) is 9.10. The van der Waals surface area contributed by atoms with Crippen LogP contribution in [0, 0.1) is 45.8 Å². The van der Waals surface area contributed by atoms with Crippen molar-refractivity contribution in [3.05, 3.63) is 35.5 Å². The summed E-state index contributed by atoms with van der Waals surface area (Å²) in [6.45, 7) is 15.9. The van der Waals surface area contributed by atoms with Crippen LogP contribution in [-0.4, -0.2) is 24.2 Å². The van der Waals surface area contributed by atoms with Crippen LogP contribution in [0.3, 0.4) is 0 Å². The maximum absolute atomic E-state index is 12.5. The van der Waals surface area contributed by atoms with Gasteiger partial charge >= 0.3 is 11.9 Å². The van der Waals surface area contributed by atoms with Gasteiger partial charge in [0.1, 0.15) is 0 Å². The number of carbonyl (C=O) groups is 2. The fourth-order valence-electron chi connectivity index (χ4n) is 9.10. The maximum Gasteiger partial charge on any atom is 0.312 e. The topological polar surface area (TPSA) is 63.6 Å². The van der Waals surface area contributed by atoms with E-state index in [-0.39, 0.29) is 40.0 Å². The second kappa shape index (κ2) is 9.23. The van der Waals surface area contributed by atoms with E-state index in [1.165, 1.54) is 12.7 Å². The minimum absolute atomic E-state index is 0.00673. The van der Waals surface area contributed by atoms with Crippen LogP contribution in [-0.2, 0) is 14.3 Å². The van der Waals surface area contributed by atoms with E-state index in [0.717, 1.165) is 63.4 Å². The van der Waals surface area contributed by atoms with Crippen molar-refractivity contribution in [2.45, 2.75) is 92.4 Å². The number of carboxylic acid groups (broad SMARTS) is 1. The van der Waals surface area contributed by atoms with Crippen LogP contribution in [0.4, 0.5) is 0 Å². The molecule has 4 aliphatic rings. The molecular formula is C31H46O4. The third-order valence-electron chi connectivity index (χ3n) is 11.4. The van der Waals surface area contributed by atoms with Gasteiger partial charge in [0.05, 0.1) is 18.9 Å². The van der Waals surface area contributed by atoms with Gasteiger partial charge in [-0.1, -0.05) is 56.2 Å². The summed E-state index contributed by atoms with van der Waals surface area (Å²) in [6.07, 6.45) is 13.3. The summed E-state index contributed by atoms with van der Waals surface area (Å²) in [4.78, 5) is 24.9. The van der Waals surface area contributed by atoms with E-state index in [4.69, 9.17) is 4.74 Å². The number of carbonyl (C=O) groups excluding carboxylic acids is 1. The zero-order chi connectivity index (χ0) is 25.8. The largest absolute Gasteiger partial charge is 0.481 e.